The van der Waals surface area contributed by atoms with E-state index in [2.05, 4.69) is 10.3 Å². The molecule has 0 amide bonds. The Labute approximate surface area is 128 Å². The van der Waals surface area contributed by atoms with E-state index in [1.807, 2.05) is 13.8 Å². The summed E-state index contributed by atoms with van der Waals surface area (Å²) in [6.07, 6.45) is 0. The van der Waals surface area contributed by atoms with Crippen molar-refractivity contribution >= 4 is 28.8 Å². The molecule has 0 aliphatic rings. The van der Waals surface area contributed by atoms with Crippen LogP contribution >= 0.6 is 11.6 Å². The molecule has 0 aliphatic carbocycles. The molecule has 0 spiro atoms. The lowest BCUT2D eigenvalue weighted by Gasteiger charge is -2.13. The number of nitrogens with one attached hydrogen (secondary N) is 1. The van der Waals surface area contributed by atoms with Crippen LogP contribution in [0.3, 0.4) is 0 Å². The van der Waals surface area contributed by atoms with Crippen LogP contribution in [0.4, 0.5) is 21.6 Å². The van der Waals surface area contributed by atoms with Crippen LogP contribution in [0, 0.1) is 11.7 Å². The molecule has 21 heavy (non-hydrogen) atoms. The molecular formula is C15H17ClFN3O. The number of nitrogens with two attached hydrogens (primary N) is 1. The van der Waals surface area contributed by atoms with Crippen molar-refractivity contribution in [1.29, 1.82) is 0 Å². The first-order chi connectivity index (χ1) is 9.97. The van der Waals surface area contributed by atoms with Crippen LogP contribution in [0.5, 0.6) is 5.88 Å². The topological polar surface area (TPSA) is 60.2 Å². The van der Waals surface area contributed by atoms with Crippen LogP contribution in [-0.4, -0.2) is 11.6 Å². The molecule has 0 bridgehead atoms. The summed E-state index contributed by atoms with van der Waals surface area (Å²) in [5, 5.41) is 3.12. The van der Waals surface area contributed by atoms with Crippen molar-refractivity contribution in [3.05, 3.63) is 41.2 Å². The number of benzene rings is 1. The Balaban J connectivity index is 2.23. The molecule has 0 saturated heterocycles. The van der Waals surface area contributed by atoms with E-state index in [1.165, 1.54) is 12.1 Å². The van der Waals surface area contributed by atoms with Gasteiger partial charge in [-0.15, -0.1) is 0 Å². The van der Waals surface area contributed by atoms with Crippen molar-refractivity contribution in [2.45, 2.75) is 13.8 Å². The van der Waals surface area contributed by atoms with Crippen LogP contribution in [0.2, 0.25) is 5.02 Å². The van der Waals surface area contributed by atoms with E-state index < -0.39 is 5.82 Å². The Morgan fingerprint density at radius 3 is 2.76 bits per heavy atom. The van der Waals surface area contributed by atoms with Gasteiger partial charge >= 0.3 is 0 Å². The third-order valence-corrected chi connectivity index (χ3v) is 2.97. The number of para-hydroxylation sites is 1. The summed E-state index contributed by atoms with van der Waals surface area (Å²) < 4.78 is 19.3. The second-order valence-electron chi connectivity index (χ2n) is 5.02. The van der Waals surface area contributed by atoms with Crippen molar-refractivity contribution in [3.8, 4) is 5.88 Å². The molecule has 1 aromatic carbocycles. The van der Waals surface area contributed by atoms with Gasteiger partial charge in [-0.2, -0.15) is 4.98 Å². The molecule has 112 valence electrons. The number of nitrogen functional groups attached to an aromatic ring is 1. The lowest BCUT2D eigenvalue weighted by Crippen LogP contribution is -2.08. The Morgan fingerprint density at radius 1 is 1.33 bits per heavy atom. The van der Waals surface area contributed by atoms with E-state index in [1.54, 1.807) is 18.2 Å². The van der Waals surface area contributed by atoms with Gasteiger partial charge in [0.25, 0.3) is 0 Å². The van der Waals surface area contributed by atoms with Gasteiger partial charge in [0.1, 0.15) is 11.6 Å². The third kappa shape index (κ3) is 3.98. The van der Waals surface area contributed by atoms with Gasteiger partial charge in [-0.3, -0.25) is 0 Å². The highest BCUT2D eigenvalue weighted by molar-refractivity contribution is 6.33. The van der Waals surface area contributed by atoms with Gasteiger partial charge in [0, 0.05) is 0 Å². The predicted octanol–water partition coefficient (Wildman–Crippen LogP) is 4.23. The van der Waals surface area contributed by atoms with Crippen LogP contribution in [0.1, 0.15) is 13.8 Å². The van der Waals surface area contributed by atoms with Crippen LogP contribution in [0.15, 0.2) is 30.3 Å². The maximum atomic E-state index is 13.7. The monoisotopic (exact) mass is 309 g/mol. The lowest BCUT2D eigenvalue weighted by atomic mass is 10.2. The highest BCUT2D eigenvalue weighted by Crippen LogP contribution is 2.29. The summed E-state index contributed by atoms with van der Waals surface area (Å²) in [4.78, 5) is 4.24. The normalized spacial score (nSPS) is 10.7. The van der Waals surface area contributed by atoms with E-state index >= 15 is 0 Å². The summed E-state index contributed by atoms with van der Waals surface area (Å²) >= 11 is 5.97. The van der Waals surface area contributed by atoms with E-state index in [-0.39, 0.29) is 10.7 Å². The summed E-state index contributed by atoms with van der Waals surface area (Å²) in [5.74, 6) is 0.630. The van der Waals surface area contributed by atoms with E-state index in [4.69, 9.17) is 22.1 Å². The standard InChI is InChI=1S/C15H17ClFN3O/c1-9(2)8-21-15-12(18)6-7-13(20-15)19-14-10(16)4-3-5-11(14)17/h3-7,9H,8,18H2,1-2H3,(H,19,20). The van der Waals surface area contributed by atoms with Crippen LogP contribution < -0.4 is 15.8 Å². The number of pyridine rings is 1. The zero-order valence-electron chi connectivity index (χ0n) is 11.9. The molecule has 3 N–H and O–H groups in total. The molecule has 0 unspecified atom stereocenters. The molecule has 0 fully saturated rings. The Hall–Kier alpha value is -2.01. The van der Waals surface area contributed by atoms with Crippen molar-refractivity contribution in [2.24, 2.45) is 5.92 Å². The van der Waals surface area contributed by atoms with Gasteiger partial charge in [0.2, 0.25) is 5.88 Å². The largest absolute Gasteiger partial charge is 0.476 e. The zero-order valence-corrected chi connectivity index (χ0v) is 12.6. The summed E-state index contributed by atoms with van der Waals surface area (Å²) in [5.41, 5.74) is 6.42. The SMILES string of the molecule is CC(C)COc1nc(Nc2c(F)cccc2Cl)ccc1N. The molecule has 0 aliphatic heterocycles. The summed E-state index contributed by atoms with van der Waals surface area (Å²) in [7, 11) is 0. The van der Waals surface area contributed by atoms with Gasteiger partial charge < -0.3 is 15.8 Å². The first-order valence-corrected chi connectivity index (χ1v) is 6.95. The maximum Gasteiger partial charge on any atom is 0.239 e. The van der Waals surface area contributed by atoms with E-state index in [0.29, 0.717) is 29.9 Å². The number of halogens is 2. The number of hydrogen-bond acceptors (Lipinski definition) is 4. The van der Waals surface area contributed by atoms with Gasteiger partial charge in [-0.1, -0.05) is 31.5 Å². The highest BCUT2D eigenvalue weighted by Gasteiger charge is 2.10. The molecule has 2 rings (SSSR count). The minimum absolute atomic E-state index is 0.172. The molecule has 1 aromatic heterocycles. The van der Waals surface area contributed by atoms with Gasteiger partial charge in [0.15, 0.2) is 0 Å². The number of ether oxygens (including phenoxy) is 1. The number of aromatic nitrogens is 1. The predicted molar refractivity (Wildman–Crippen MR) is 83.7 cm³/mol. The van der Waals surface area contributed by atoms with Crippen molar-refractivity contribution in [1.82, 2.24) is 4.98 Å². The number of rotatable bonds is 5. The van der Waals surface area contributed by atoms with Crippen molar-refractivity contribution < 1.29 is 9.13 Å². The first kappa shape index (κ1) is 15.4. The second kappa shape index (κ2) is 6.63. The molecule has 0 saturated carbocycles. The van der Waals surface area contributed by atoms with Crippen molar-refractivity contribution in [2.75, 3.05) is 17.7 Å². The summed E-state index contributed by atoms with van der Waals surface area (Å²) in [6.45, 7) is 4.55. The minimum atomic E-state index is -0.453. The zero-order chi connectivity index (χ0) is 15.4. The minimum Gasteiger partial charge on any atom is -0.476 e. The number of nitrogens with zero attached hydrogens (tertiary/aromatic N) is 1. The lowest BCUT2D eigenvalue weighted by molar-refractivity contribution is 0.263. The third-order valence-electron chi connectivity index (χ3n) is 2.66. The highest BCUT2D eigenvalue weighted by atomic mass is 35.5. The van der Waals surface area contributed by atoms with Gasteiger partial charge in [0.05, 0.1) is 23.0 Å². The molecule has 6 heteroatoms. The molecule has 2 aromatic rings. The first-order valence-electron chi connectivity index (χ1n) is 6.57. The average molecular weight is 310 g/mol. The quantitative estimate of drug-likeness (QED) is 0.867. The molecule has 4 nitrogen and oxygen atoms in total. The molecule has 0 radical (unpaired) electrons. The molecule has 1 heterocycles. The fourth-order valence-corrected chi connectivity index (χ4v) is 1.84. The van der Waals surface area contributed by atoms with Crippen LogP contribution in [-0.2, 0) is 0 Å². The smallest absolute Gasteiger partial charge is 0.239 e. The van der Waals surface area contributed by atoms with Gasteiger partial charge in [-0.05, 0) is 30.2 Å². The molecule has 0 atom stereocenters. The summed E-state index contributed by atoms with van der Waals surface area (Å²) in [6, 6.07) is 7.75. The van der Waals surface area contributed by atoms with Gasteiger partial charge in [-0.25, -0.2) is 4.39 Å². The number of hydrogen-bond donors (Lipinski definition) is 2. The molecular weight excluding hydrogens is 293 g/mol. The Morgan fingerprint density at radius 2 is 2.10 bits per heavy atom. The van der Waals surface area contributed by atoms with Crippen molar-refractivity contribution in [3.63, 3.8) is 0 Å². The second-order valence-corrected chi connectivity index (χ2v) is 5.42. The Kier molecular flexibility index (Phi) is 4.85. The van der Waals surface area contributed by atoms with Crippen LogP contribution in [0.25, 0.3) is 0 Å². The van der Waals surface area contributed by atoms with E-state index in [0.717, 1.165) is 0 Å². The number of anilines is 3. The maximum absolute atomic E-state index is 13.7. The average Bonchev–Trinajstić information content (AvgIpc) is 2.43. The Bertz CT molecular complexity index is 614. The fraction of sp³-hybridized carbons (Fsp3) is 0.267. The fourth-order valence-electron chi connectivity index (χ4n) is 1.63. The van der Waals surface area contributed by atoms with E-state index in [9.17, 15) is 4.39 Å².